The molecule has 3 N–H and O–H groups in total. The van der Waals surface area contributed by atoms with E-state index in [2.05, 4.69) is 15.6 Å². The average Bonchev–Trinajstić information content (AvgIpc) is 3.03. The van der Waals surface area contributed by atoms with Gasteiger partial charge in [0.25, 0.3) is 0 Å². The lowest BCUT2D eigenvalue weighted by atomic mass is 10.1. The first-order valence-electron chi connectivity index (χ1n) is 9.29. The molecule has 3 rings (SSSR count). The number of para-hydroxylation sites is 3. The number of hydrogen-bond acceptors (Lipinski definition) is 5. The third kappa shape index (κ3) is 4.43. The molecule has 0 aliphatic heterocycles. The van der Waals surface area contributed by atoms with Crippen molar-refractivity contribution in [3.8, 4) is 5.75 Å². The summed E-state index contributed by atoms with van der Waals surface area (Å²) in [6.07, 6.45) is -0.521. The Labute approximate surface area is 164 Å². The zero-order valence-electron chi connectivity index (χ0n) is 16.3. The molecule has 28 heavy (non-hydrogen) atoms. The first kappa shape index (κ1) is 19.7. The predicted octanol–water partition coefficient (Wildman–Crippen LogP) is 2.72. The quantitative estimate of drug-likeness (QED) is 0.557. The molecule has 0 saturated heterocycles. The number of carbonyl (C=O) groups excluding carboxylic acids is 1. The normalized spacial score (nSPS) is 13.1. The first-order valence-corrected chi connectivity index (χ1v) is 9.29. The standard InChI is InChI=1S/C21H26N4O3/c1-14(26)12-22-21-24-17-9-5-6-10-18(17)25(21)13-20(27)23-15(2)16-8-4-7-11-19(16)28-3/h4-11,14-15,26H,12-13H2,1-3H3,(H,22,24)(H,23,27). The van der Waals surface area contributed by atoms with E-state index in [1.54, 1.807) is 14.0 Å². The zero-order chi connectivity index (χ0) is 20.1. The number of carbonyl (C=O) groups is 1. The Morgan fingerprint density at radius 1 is 1.18 bits per heavy atom. The van der Waals surface area contributed by atoms with Crippen LogP contribution in [0.5, 0.6) is 5.75 Å². The number of amides is 1. The van der Waals surface area contributed by atoms with Crippen LogP contribution in [0.25, 0.3) is 11.0 Å². The summed E-state index contributed by atoms with van der Waals surface area (Å²) in [5, 5.41) is 15.7. The second-order valence-electron chi connectivity index (χ2n) is 6.77. The van der Waals surface area contributed by atoms with E-state index in [-0.39, 0.29) is 18.5 Å². The number of rotatable bonds is 8. The molecule has 0 fully saturated rings. The number of hydrogen-bond donors (Lipinski definition) is 3. The maximum Gasteiger partial charge on any atom is 0.240 e. The monoisotopic (exact) mass is 382 g/mol. The van der Waals surface area contributed by atoms with Crippen LogP contribution < -0.4 is 15.4 Å². The van der Waals surface area contributed by atoms with Crippen LogP contribution in [-0.4, -0.2) is 40.3 Å². The summed E-state index contributed by atoms with van der Waals surface area (Å²) in [7, 11) is 1.62. The van der Waals surface area contributed by atoms with Gasteiger partial charge >= 0.3 is 0 Å². The fourth-order valence-corrected chi connectivity index (χ4v) is 3.14. The first-order chi connectivity index (χ1) is 13.5. The number of ether oxygens (including phenoxy) is 1. The number of benzene rings is 2. The van der Waals surface area contributed by atoms with Crippen molar-refractivity contribution in [3.05, 3.63) is 54.1 Å². The Morgan fingerprint density at radius 2 is 1.89 bits per heavy atom. The van der Waals surface area contributed by atoms with Crippen LogP contribution in [0, 0.1) is 0 Å². The number of anilines is 1. The lowest BCUT2D eigenvalue weighted by Crippen LogP contribution is -2.31. The molecule has 0 aliphatic carbocycles. The van der Waals surface area contributed by atoms with Gasteiger partial charge in [0.05, 0.1) is 30.3 Å². The van der Waals surface area contributed by atoms with Crippen molar-refractivity contribution >= 4 is 22.9 Å². The van der Waals surface area contributed by atoms with E-state index in [4.69, 9.17) is 4.74 Å². The Hall–Kier alpha value is -3.06. The molecule has 1 aromatic heterocycles. The topological polar surface area (TPSA) is 88.4 Å². The lowest BCUT2D eigenvalue weighted by Gasteiger charge is -2.18. The summed E-state index contributed by atoms with van der Waals surface area (Å²) >= 11 is 0. The summed E-state index contributed by atoms with van der Waals surface area (Å²) in [6.45, 7) is 4.08. The minimum absolute atomic E-state index is 0.113. The molecule has 0 aliphatic rings. The van der Waals surface area contributed by atoms with Crippen LogP contribution in [0.3, 0.4) is 0 Å². The molecule has 0 radical (unpaired) electrons. The Balaban J connectivity index is 1.79. The van der Waals surface area contributed by atoms with Crippen LogP contribution in [0.1, 0.15) is 25.5 Å². The number of imidazole rings is 1. The number of nitrogens with one attached hydrogen (secondary N) is 2. The maximum absolute atomic E-state index is 12.8. The van der Waals surface area contributed by atoms with Crippen LogP contribution in [0.2, 0.25) is 0 Å². The molecule has 0 bridgehead atoms. The lowest BCUT2D eigenvalue weighted by molar-refractivity contribution is -0.122. The van der Waals surface area contributed by atoms with Crippen molar-refractivity contribution in [1.82, 2.24) is 14.9 Å². The van der Waals surface area contributed by atoms with E-state index in [9.17, 15) is 9.90 Å². The summed E-state index contributed by atoms with van der Waals surface area (Å²) in [5.41, 5.74) is 2.57. The van der Waals surface area contributed by atoms with Crippen molar-refractivity contribution in [3.63, 3.8) is 0 Å². The Bertz CT molecular complexity index is 952. The predicted molar refractivity (Wildman–Crippen MR) is 109 cm³/mol. The Kier molecular flexibility index (Phi) is 6.16. The number of aromatic nitrogens is 2. The van der Waals surface area contributed by atoms with E-state index in [0.29, 0.717) is 12.5 Å². The van der Waals surface area contributed by atoms with Crippen molar-refractivity contribution in [2.45, 2.75) is 32.5 Å². The van der Waals surface area contributed by atoms with Crippen LogP contribution in [0.4, 0.5) is 5.95 Å². The number of aliphatic hydroxyl groups excluding tert-OH is 1. The highest BCUT2D eigenvalue weighted by molar-refractivity contribution is 5.83. The van der Waals surface area contributed by atoms with Gasteiger partial charge in [-0.1, -0.05) is 30.3 Å². The summed E-state index contributed by atoms with van der Waals surface area (Å²) in [6, 6.07) is 15.1. The Morgan fingerprint density at radius 3 is 2.64 bits per heavy atom. The highest BCUT2D eigenvalue weighted by atomic mass is 16.5. The molecule has 0 saturated carbocycles. The summed E-state index contributed by atoms with van der Waals surface area (Å²) in [4.78, 5) is 17.3. The second-order valence-corrected chi connectivity index (χ2v) is 6.77. The van der Waals surface area contributed by atoms with Crippen LogP contribution >= 0.6 is 0 Å². The van der Waals surface area contributed by atoms with E-state index in [1.165, 1.54) is 0 Å². The number of methoxy groups -OCH3 is 1. The van der Waals surface area contributed by atoms with E-state index in [1.807, 2.05) is 60.0 Å². The molecule has 1 heterocycles. The molecular weight excluding hydrogens is 356 g/mol. The summed E-state index contributed by atoms with van der Waals surface area (Å²) in [5.74, 6) is 1.16. The van der Waals surface area contributed by atoms with Gasteiger partial charge in [-0.3, -0.25) is 4.79 Å². The van der Waals surface area contributed by atoms with Gasteiger partial charge in [0.2, 0.25) is 11.9 Å². The van der Waals surface area contributed by atoms with Gasteiger partial charge < -0.3 is 25.0 Å². The van der Waals surface area contributed by atoms with Gasteiger partial charge in [0.15, 0.2) is 0 Å². The SMILES string of the molecule is COc1ccccc1C(C)NC(=O)Cn1c(NCC(C)O)nc2ccccc21. The van der Waals surface area contributed by atoms with E-state index >= 15 is 0 Å². The van der Waals surface area contributed by atoms with Gasteiger partial charge in [0, 0.05) is 12.1 Å². The molecule has 2 unspecified atom stereocenters. The highest BCUT2D eigenvalue weighted by Crippen LogP contribution is 2.25. The molecule has 3 aromatic rings. The number of fused-ring (bicyclic) bond motifs is 1. The van der Waals surface area contributed by atoms with Crippen LogP contribution in [0.15, 0.2) is 48.5 Å². The number of aliphatic hydroxyl groups is 1. The molecule has 1 amide bonds. The summed E-state index contributed by atoms with van der Waals surface area (Å²) < 4.78 is 7.21. The molecule has 7 heteroatoms. The van der Waals surface area contributed by atoms with Crippen molar-refractivity contribution < 1.29 is 14.6 Å². The van der Waals surface area contributed by atoms with E-state index in [0.717, 1.165) is 22.3 Å². The maximum atomic E-state index is 12.8. The molecule has 7 nitrogen and oxygen atoms in total. The van der Waals surface area contributed by atoms with Crippen molar-refractivity contribution in [2.75, 3.05) is 19.0 Å². The smallest absolute Gasteiger partial charge is 0.240 e. The molecule has 2 aromatic carbocycles. The third-order valence-electron chi connectivity index (χ3n) is 4.49. The number of nitrogens with zero attached hydrogens (tertiary/aromatic N) is 2. The third-order valence-corrected chi connectivity index (χ3v) is 4.49. The van der Waals surface area contributed by atoms with Gasteiger partial charge in [-0.15, -0.1) is 0 Å². The highest BCUT2D eigenvalue weighted by Gasteiger charge is 2.17. The van der Waals surface area contributed by atoms with Crippen molar-refractivity contribution in [1.29, 1.82) is 0 Å². The van der Waals surface area contributed by atoms with Gasteiger partial charge in [0.1, 0.15) is 12.3 Å². The fourth-order valence-electron chi connectivity index (χ4n) is 3.14. The van der Waals surface area contributed by atoms with Crippen LogP contribution in [-0.2, 0) is 11.3 Å². The minimum atomic E-state index is -0.521. The average molecular weight is 382 g/mol. The largest absolute Gasteiger partial charge is 0.496 e. The molecule has 0 spiro atoms. The minimum Gasteiger partial charge on any atom is -0.496 e. The second kappa shape index (κ2) is 8.75. The molecule has 2 atom stereocenters. The van der Waals surface area contributed by atoms with Gasteiger partial charge in [-0.05, 0) is 32.0 Å². The molecular formula is C21H26N4O3. The van der Waals surface area contributed by atoms with Gasteiger partial charge in [-0.25, -0.2) is 4.98 Å². The zero-order valence-corrected chi connectivity index (χ0v) is 16.3. The van der Waals surface area contributed by atoms with Gasteiger partial charge in [-0.2, -0.15) is 0 Å². The fraction of sp³-hybridized carbons (Fsp3) is 0.333. The molecule has 148 valence electrons. The van der Waals surface area contributed by atoms with Crippen molar-refractivity contribution in [2.24, 2.45) is 0 Å². The van der Waals surface area contributed by atoms with E-state index < -0.39 is 6.10 Å².